The molecule has 0 spiro atoms. The second-order valence-corrected chi connectivity index (χ2v) is 6.79. The van der Waals surface area contributed by atoms with Crippen LogP contribution in [0.4, 0.5) is 0 Å². The van der Waals surface area contributed by atoms with Crippen molar-refractivity contribution in [1.29, 1.82) is 0 Å². The summed E-state index contributed by atoms with van der Waals surface area (Å²) in [5.74, 6) is 2.99. The minimum absolute atomic E-state index is 0.396. The van der Waals surface area contributed by atoms with E-state index < -0.39 is 0 Å². The molecule has 0 radical (unpaired) electrons. The first kappa shape index (κ1) is 14.6. The fourth-order valence-electron chi connectivity index (χ4n) is 3.98. The Hall–Kier alpha value is -0.980. The summed E-state index contributed by atoms with van der Waals surface area (Å²) in [4.78, 5) is 7.42. The van der Waals surface area contributed by atoms with E-state index in [1.807, 2.05) is 0 Å². The molecule has 0 aromatic carbocycles. The topological polar surface area (TPSA) is 63.3 Å². The number of likely N-dealkylation sites (tertiary alicyclic amines) is 1. The summed E-state index contributed by atoms with van der Waals surface area (Å²) >= 11 is 0. The van der Waals surface area contributed by atoms with Crippen LogP contribution in [0.1, 0.15) is 55.6 Å². The Morgan fingerprint density at radius 2 is 1.68 bits per heavy atom. The highest BCUT2D eigenvalue weighted by Gasteiger charge is 2.29. The summed E-state index contributed by atoms with van der Waals surface area (Å²) in [7, 11) is 0. The van der Waals surface area contributed by atoms with Crippen LogP contribution in [0, 0.1) is 0 Å². The molecule has 6 heteroatoms. The Morgan fingerprint density at radius 1 is 0.909 bits per heavy atom. The third-order valence-corrected chi connectivity index (χ3v) is 5.44. The van der Waals surface area contributed by atoms with Gasteiger partial charge in [-0.2, -0.15) is 5.10 Å². The Labute approximate surface area is 131 Å². The number of rotatable bonds is 3. The molecule has 3 saturated heterocycles. The van der Waals surface area contributed by atoms with Crippen LogP contribution in [0.15, 0.2) is 0 Å². The standard InChI is InChI=1S/C16H26N4O2/c1-6-20(14-4-9-21-10-5-14)7-2-12(1)15-17-16(19-18-15)13-3-8-22-11-13/h12-14H,1-11H2,(H,17,18,19)/t13-/m0/s1. The second kappa shape index (κ2) is 6.64. The number of H-pyrrole nitrogens is 1. The lowest BCUT2D eigenvalue weighted by Crippen LogP contribution is -2.43. The van der Waals surface area contributed by atoms with E-state index in [0.29, 0.717) is 11.8 Å². The maximum atomic E-state index is 5.47. The number of hydrogen-bond acceptors (Lipinski definition) is 5. The van der Waals surface area contributed by atoms with E-state index in [4.69, 9.17) is 14.5 Å². The van der Waals surface area contributed by atoms with Gasteiger partial charge in [-0.15, -0.1) is 0 Å². The summed E-state index contributed by atoms with van der Waals surface area (Å²) in [6, 6.07) is 0.732. The molecular formula is C16H26N4O2. The molecule has 0 bridgehead atoms. The van der Waals surface area contributed by atoms with E-state index in [-0.39, 0.29) is 0 Å². The lowest BCUT2D eigenvalue weighted by atomic mass is 9.93. The number of piperidine rings is 1. The van der Waals surface area contributed by atoms with Gasteiger partial charge in [-0.05, 0) is 45.2 Å². The minimum atomic E-state index is 0.396. The first-order valence-corrected chi connectivity index (χ1v) is 8.72. The van der Waals surface area contributed by atoms with Crippen LogP contribution >= 0.6 is 0 Å². The Bertz CT molecular complexity index is 472. The fourth-order valence-corrected chi connectivity index (χ4v) is 3.98. The van der Waals surface area contributed by atoms with Crippen LogP contribution in [-0.2, 0) is 9.47 Å². The minimum Gasteiger partial charge on any atom is -0.381 e. The summed E-state index contributed by atoms with van der Waals surface area (Å²) in [6.07, 6.45) is 5.82. The lowest BCUT2D eigenvalue weighted by molar-refractivity contribution is 0.0248. The number of nitrogens with zero attached hydrogens (tertiary/aromatic N) is 3. The average molecular weight is 306 g/mol. The SMILES string of the molecule is C1CC(N2CCC(c3nc([C@H]4CCOC4)n[nH]3)CC2)CCO1. The molecule has 4 heterocycles. The highest BCUT2D eigenvalue weighted by Crippen LogP contribution is 2.30. The van der Waals surface area contributed by atoms with Gasteiger partial charge in [0.25, 0.3) is 0 Å². The molecule has 3 fully saturated rings. The fraction of sp³-hybridized carbons (Fsp3) is 0.875. The van der Waals surface area contributed by atoms with Crippen molar-refractivity contribution < 1.29 is 9.47 Å². The number of ether oxygens (including phenoxy) is 2. The maximum Gasteiger partial charge on any atom is 0.156 e. The van der Waals surface area contributed by atoms with Gasteiger partial charge < -0.3 is 14.4 Å². The first-order valence-electron chi connectivity index (χ1n) is 8.72. The van der Waals surface area contributed by atoms with Gasteiger partial charge in [0.2, 0.25) is 0 Å². The molecule has 0 unspecified atom stereocenters. The monoisotopic (exact) mass is 306 g/mol. The van der Waals surface area contributed by atoms with Gasteiger partial charge in [-0.1, -0.05) is 0 Å². The molecule has 1 N–H and O–H groups in total. The van der Waals surface area contributed by atoms with Crippen molar-refractivity contribution in [3.63, 3.8) is 0 Å². The quantitative estimate of drug-likeness (QED) is 0.920. The van der Waals surface area contributed by atoms with Crippen molar-refractivity contribution in [3.05, 3.63) is 11.6 Å². The van der Waals surface area contributed by atoms with Crippen molar-refractivity contribution in [3.8, 4) is 0 Å². The molecule has 0 aliphatic carbocycles. The average Bonchev–Trinajstić information content (AvgIpc) is 3.27. The number of aromatic nitrogens is 3. The Kier molecular flexibility index (Phi) is 4.41. The summed E-state index contributed by atoms with van der Waals surface area (Å²) in [6.45, 7) is 5.84. The van der Waals surface area contributed by atoms with Crippen molar-refractivity contribution in [2.45, 2.75) is 50.0 Å². The predicted octanol–water partition coefficient (Wildman–Crippen LogP) is 1.67. The van der Waals surface area contributed by atoms with Gasteiger partial charge in [0.15, 0.2) is 5.82 Å². The zero-order chi connectivity index (χ0) is 14.8. The van der Waals surface area contributed by atoms with Crippen molar-refractivity contribution in [1.82, 2.24) is 20.1 Å². The molecule has 1 aromatic rings. The Balaban J connectivity index is 1.33. The maximum absolute atomic E-state index is 5.47. The van der Waals surface area contributed by atoms with Crippen LogP contribution in [0.3, 0.4) is 0 Å². The van der Waals surface area contributed by atoms with Crippen molar-refractivity contribution in [2.24, 2.45) is 0 Å². The molecule has 0 saturated carbocycles. The summed E-state index contributed by atoms with van der Waals surface area (Å²) < 4.78 is 10.9. The van der Waals surface area contributed by atoms with Crippen LogP contribution in [0.2, 0.25) is 0 Å². The molecule has 3 aliphatic heterocycles. The zero-order valence-corrected chi connectivity index (χ0v) is 13.2. The second-order valence-electron chi connectivity index (χ2n) is 6.79. The van der Waals surface area contributed by atoms with Crippen molar-refractivity contribution >= 4 is 0 Å². The van der Waals surface area contributed by atoms with Crippen molar-refractivity contribution in [2.75, 3.05) is 39.5 Å². The van der Waals surface area contributed by atoms with Crippen LogP contribution in [0.5, 0.6) is 0 Å². The van der Waals surface area contributed by atoms with Gasteiger partial charge in [-0.25, -0.2) is 4.98 Å². The van der Waals surface area contributed by atoms with E-state index in [9.17, 15) is 0 Å². The van der Waals surface area contributed by atoms with Crippen LogP contribution in [-0.4, -0.2) is 65.6 Å². The third-order valence-electron chi connectivity index (χ3n) is 5.44. The number of aromatic amines is 1. The predicted molar refractivity (Wildman–Crippen MR) is 81.9 cm³/mol. The molecule has 4 rings (SSSR count). The molecule has 0 amide bonds. The van der Waals surface area contributed by atoms with E-state index in [1.165, 1.54) is 38.8 Å². The van der Waals surface area contributed by atoms with Crippen LogP contribution in [0.25, 0.3) is 0 Å². The third kappa shape index (κ3) is 3.05. The van der Waals surface area contributed by atoms with E-state index >= 15 is 0 Å². The van der Waals surface area contributed by atoms with E-state index in [0.717, 1.165) is 50.5 Å². The van der Waals surface area contributed by atoms with Gasteiger partial charge in [0.05, 0.1) is 6.61 Å². The summed E-state index contributed by atoms with van der Waals surface area (Å²) in [5.41, 5.74) is 0. The first-order chi connectivity index (χ1) is 10.9. The van der Waals surface area contributed by atoms with Gasteiger partial charge in [0, 0.05) is 37.7 Å². The lowest BCUT2D eigenvalue weighted by Gasteiger charge is -2.38. The molecule has 6 nitrogen and oxygen atoms in total. The summed E-state index contributed by atoms with van der Waals surface area (Å²) in [5, 5.41) is 7.63. The molecule has 1 atom stereocenters. The van der Waals surface area contributed by atoms with E-state index in [1.54, 1.807) is 0 Å². The Morgan fingerprint density at radius 3 is 2.41 bits per heavy atom. The number of nitrogens with one attached hydrogen (secondary N) is 1. The molecular weight excluding hydrogens is 280 g/mol. The van der Waals surface area contributed by atoms with Gasteiger partial charge in [-0.3, -0.25) is 5.10 Å². The number of hydrogen-bond donors (Lipinski definition) is 1. The zero-order valence-electron chi connectivity index (χ0n) is 13.2. The van der Waals surface area contributed by atoms with Crippen LogP contribution < -0.4 is 0 Å². The highest BCUT2D eigenvalue weighted by molar-refractivity contribution is 5.05. The van der Waals surface area contributed by atoms with Gasteiger partial charge >= 0.3 is 0 Å². The molecule has 22 heavy (non-hydrogen) atoms. The van der Waals surface area contributed by atoms with E-state index in [2.05, 4.69) is 15.1 Å². The molecule has 1 aromatic heterocycles. The van der Waals surface area contributed by atoms with Gasteiger partial charge in [0.1, 0.15) is 5.82 Å². The molecule has 3 aliphatic rings. The smallest absolute Gasteiger partial charge is 0.156 e. The normalized spacial score (nSPS) is 29.2. The molecule has 122 valence electrons. The highest BCUT2D eigenvalue weighted by atomic mass is 16.5. The largest absolute Gasteiger partial charge is 0.381 e.